The highest BCUT2D eigenvalue weighted by Gasteiger charge is 2.30. The molecule has 0 unspecified atom stereocenters. The second kappa shape index (κ2) is 11.7. The quantitative estimate of drug-likeness (QED) is 0.355. The largest absolute Gasteiger partial charge is 0.491 e. The van der Waals surface area contributed by atoms with Crippen molar-refractivity contribution in [3.8, 4) is 5.75 Å². The van der Waals surface area contributed by atoms with Crippen LogP contribution in [-0.2, 0) is 16.1 Å². The van der Waals surface area contributed by atoms with Gasteiger partial charge in [0.2, 0.25) is 5.82 Å². The van der Waals surface area contributed by atoms with Gasteiger partial charge in [0.25, 0.3) is 0 Å². The molecule has 192 valence electrons. The van der Waals surface area contributed by atoms with Crippen molar-refractivity contribution in [2.24, 2.45) is 0 Å². The molecular weight excluding hydrogens is 460 g/mol. The van der Waals surface area contributed by atoms with Gasteiger partial charge >= 0.3 is 0 Å². The number of benzene rings is 2. The Morgan fingerprint density at radius 3 is 1.74 bits per heavy atom. The SMILES string of the molecule is CCOc1ccc(COC2CCC(c3ccc(C4CCC(OC)CC4)c(F)c3F)CC2)c(F)c1F. The molecule has 4 rings (SSSR count). The van der Waals surface area contributed by atoms with Gasteiger partial charge in [-0.05, 0) is 93.4 Å². The summed E-state index contributed by atoms with van der Waals surface area (Å²) >= 11 is 0. The number of ether oxygens (including phenoxy) is 3. The molecule has 0 aromatic heterocycles. The molecule has 0 aliphatic heterocycles. The van der Waals surface area contributed by atoms with Crippen LogP contribution >= 0.6 is 0 Å². The van der Waals surface area contributed by atoms with Gasteiger partial charge in [-0.1, -0.05) is 12.1 Å². The second-order valence-corrected chi connectivity index (χ2v) is 9.65. The Kier molecular flexibility index (Phi) is 8.71. The molecule has 0 heterocycles. The van der Waals surface area contributed by atoms with E-state index in [1.54, 1.807) is 26.2 Å². The zero-order valence-corrected chi connectivity index (χ0v) is 20.4. The molecular formula is C28H34F4O3. The third kappa shape index (κ3) is 5.83. The smallest absolute Gasteiger partial charge is 0.200 e. The van der Waals surface area contributed by atoms with Crippen LogP contribution in [0.2, 0.25) is 0 Å². The standard InChI is InChI=1S/C28H34F4O3/c1-3-34-24-15-8-19(25(29)28(24)32)16-35-21-11-6-18(7-12-21)23-14-13-22(26(30)27(23)31)17-4-9-20(33-2)10-5-17/h8,13-15,17-18,20-21H,3-7,9-12,16H2,1-2H3. The molecule has 0 saturated heterocycles. The van der Waals surface area contributed by atoms with Crippen LogP contribution in [0.3, 0.4) is 0 Å². The number of halogens is 4. The van der Waals surface area contributed by atoms with Gasteiger partial charge < -0.3 is 14.2 Å². The molecule has 2 aromatic rings. The lowest BCUT2D eigenvalue weighted by Crippen LogP contribution is -2.22. The summed E-state index contributed by atoms with van der Waals surface area (Å²) in [6.45, 7) is 1.90. The van der Waals surface area contributed by atoms with E-state index in [0.717, 1.165) is 25.7 Å². The molecule has 2 aliphatic rings. The van der Waals surface area contributed by atoms with Gasteiger partial charge in [0.05, 0.1) is 25.4 Å². The minimum atomic E-state index is -1.01. The maximum Gasteiger partial charge on any atom is 0.200 e. The van der Waals surface area contributed by atoms with Crippen LogP contribution < -0.4 is 4.74 Å². The molecule has 35 heavy (non-hydrogen) atoms. The van der Waals surface area contributed by atoms with E-state index in [0.29, 0.717) is 36.8 Å². The van der Waals surface area contributed by atoms with Crippen LogP contribution in [-0.4, -0.2) is 25.9 Å². The fraction of sp³-hybridized carbons (Fsp3) is 0.571. The number of hydrogen-bond acceptors (Lipinski definition) is 3. The van der Waals surface area contributed by atoms with Crippen molar-refractivity contribution >= 4 is 0 Å². The third-order valence-electron chi connectivity index (χ3n) is 7.60. The van der Waals surface area contributed by atoms with Crippen LogP contribution in [0.1, 0.15) is 86.8 Å². The van der Waals surface area contributed by atoms with Crippen molar-refractivity contribution in [3.05, 3.63) is 64.2 Å². The molecule has 0 amide bonds. The first kappa shape index (κ1) is 26.0. The maximum atomic E-state index is 15.1. The van der Waals surface area contributed by atoms with Gasteiger partial charge in [0.15, 0.2) is 23.2 Å². The minimum absolute atomic E-state index is 0.0296. The Bertz CT molecular complexity index is 996. The summed E-state index contributed by atoms with van der Waals surface area (Å²) in [4.78, 5) is 0. The first-order chi connectivity index (χ1) is 16.9. The van der Waals surface area contributed by atoms with E-state index in [4.69, 9.17) is 14.2 Å². The highest BCUT2D eigenvalue weighted by Crippen LogP contribution is 2.40. The molecule has 2 aromatic carbocycles. The lowest BCUT2D eigenvalue weighted by molar-refractivity contribution is 0.0116. The Morgan fingerprint density at radius 1 is 0.686 bits per heavy atom. The van der Waals surface area contributed by atoms with Crippen LogP contribution in [0.5, 0.6) is 5.75 Å². The molecule has 7 heteroatoms. The van der Waals surface area contributed by atoms with Crippen LogP contribution in [0.25, 0.3) is 0 Å². The normalized spacial score (nSPS) is 25.0. The zero-order valence-electron chi connectivity index (χ0n) is 20.4. The third-order valence-corrected chi connectivity index (χ3v) is 7.60. The molecule has 0 bridgehead atoms. The van der Waals surface area contributed by atoms with E-state index in [1.807, 2.05) is 0 Å². The van der Waals surface area contributed by atoms with E-state index in [9.17, 15) is 8.78 Å². The molecule has 3 nitrogen and oxygen atoms in total. The van der Waals surface area contributed by atoms with Crippen molar-refractivity contribution in [2.75, 3.05) is 13.7 Å². The molecule has 0 spiro atoms. The van der Waals surface area contributed by atoms with Gasteiger partial charge in [0.1, 0.15) is 0 Å². The molecule has 2 saturated carbocycles. The van der Waals surface area contributed by atoms with E-state index in [2.05, 4.69) is 0 Å². The predicted molar refractivity (Wildman–Crippen MR) is 126 cm³/mol. The summed E-state index contributed by atoms with van der Waals surface area (Å²) in [5.41, 5.74) is 1.04. The van der Waals surface area contributed by atoms with Gasteiger partial charge in [-0.3, -0.25) is 0 Å². The monoisotopic (exact) mass is 494 g/mol. The van der Waals surface area contributed by atoms with E-state index in [-0.39, 0.29) is 48.6 Å². The van der Waals surface area contributed by atoms with Crippen LogP contribution in [0, 0.1) is 23.3 Å². The fourth-order valence-corrected chi connectivity index (χ4v) is 5.52. The molecule has 2 aliphatic carbocycles. The van der Waals surface area contributed by atoms with E-state index < -0.39 is 23.3 Å². The molecule has 0 radical (unpaired) electrons. The van der Waals surface area contributed by atoms with Crippen molar-refractivity contribution in [2.45, 2.75) is 88.9 Å². The number of rotatable bonds is 8. The van der Waals surface area contributed by atoms with Gasteiger partial charge in [-0.2, -0.15) is 4.39 Å². The summed E-state index contributed by atoms with van der Waals surface area (Å²) in [6, 6.07) is 6.38. The first-order valence-corrected chi connectivity index (χ1v) is 12.6. The lowest BCUT2D eigenvalue weighted by atomic mass is 9.79. The summed E-state index contributed by atoms with van der Waals surface area (Å²) in [7, 11) is 1.69. The fourth-order valence-electron chi connectivity index (χ4n) is 5.52. The van der Waals surface area contributed by atoms with Crippen LogP contribution in [0.4, 0.5) is 17.6 Å². The Balaban J connectivity index is 1.32. The highest BCUT2D eigenvalue weighted by molar-refractivity contribution is 5.32. The molecule has 0 N–H and O–H groups in total. The van der Waals surface area contributed by atoms with E-state index >= 15 is 8.78 Å². The highest BCUT2D eigenvalue weighted by atomic mass is 19.2. The Labute approximate surface area is 204 Å². The average molecular weight is 495 g/mol. The molecule has 0 atom stereocenters. The summed E-state index contributed by atoms with van der Waals surface area (Å²) in [6.07, 6.45) is 6.00. The molecule has 2 fully saturated rings. The van der Waals surface area contributed by atoms with Crippen molar-refractivity contribution in [1.29, 1.82) is 0 Å². The van der Waals surface area contributed by atoms with Crippen molar-refractivity contribution < 1.29 is 31.8 Å². The second-order valence-electron chi connectivity index (χ2n) is 9.65. The number of hydrogen-bond donors (Lipinski definition) is 0. The topological polar surface area (TPSA) is 27.7 Å². The maximum absolute atomic E-state index is 15.1. The van der Waals surface area contributed by atoms with Gasteiger partial charge in [-0.15, -0.1) is 0 Å². The van der Waals surface area contributed by atoms with Crippen LogP contribution in [0.15, 0.2) is 24.3 Å². The summed E-state index contributed by atoms with van der Waals surface area (Å²) in [5.74, 6) is -3.58. The van der Waals surface area contributed by atoms with E-state index in [1.165, 1.54) is 12.1 Å². The Morgan fingerprint density at radius 2 is 1.23 bits per heavy atom. The van der Waals surface area contributed by atoms with Gasteiger partial charge in [0, 0.05) is 12.7 Å². The zero-order chi connectivity index (χ0) is 24.9. The predicted octanol–water partition coefficient (Wildman–Crippen LogP) is 7.56. The first-order valence-electron chi connectivity index (χ1n) is 12.6. The average Bonchev–Trinajstić information content (AvgIpc) is 2.88. The number of methoxy groups -OCH3 is 1. The summed E-state index contributed by atoms with van der Waals surface area (Å²) in [5, 5.41) is 0. The lowest BCUT2D eigenvalue weighted by Gasteiger charge is -2.30. The minimum Gasteiger partial charge on any atom is -0.491 e. The summed E-state index contributed by atoms with van der Waals surface area (Å²) < 4.78 is 74.7. The van der Waals surface area contributed by atoms with Gasteiger partial charge in [-0.25, -0.2) is 13.2 Å². The Hall–Kier alpha value is -2.12. The van der Waals surface area contributed by atoms with Crippen molar-refractivity contribution in [1.82, 2.24) is 0 Å². The van der Waals surface area contributed by atoms with Crippen molar-refractivity contribution in [3.63, 3.8) is 0 Å².